The van der Waals surface area contributed by atoms with E-state index in [0.29, 0.717) is 12.3 Å². The first-order chi connectivity index (χ1) is 7.96. The lowest BCUT2D eigenvalue weighted by Gasteiger charge is -2.08. The maximum atomic E-state index is 11.3. The van der Waals surface area contributed by atoms with Crippen LogP contribution >= 0.6 is 0 Å². The van der Waals surface area contributed by atoms with Crippen LogP contribution in [0.5, 0.6) is 0 Å². The van der Waals surface area contributed by atoms with Crippen LogP contribution in [0.1, 0.15) is 26.2 Å². The molecule has 1 saturated carbocycles. The zero-order valence-electron chi connectivity index (χ0n) is 9.68. The van der Waals surface area contributed by atoms with Gasteiger partial charge in [-0.25, -0.2) is 13.2 Å². The Morgan fingerprint density at radius 3 is 2.59 bits per heavy atom. The molecule has 2 fully saturated rings. The van der Waals surface area contributed by atoms with Crippen LogP contribution in [0.4, 0.5) is 4.79 Å². The van der Waals surface area contributed by atoms with E-state index in [1.807, 2.05) is 6.92 Å². The number of hydrogen-bond acceptors (Lipinski definition) is 5. The van der Waals surface area contributed by atoms with Gasteiger partial charge in [-0.3, -0.25) is 4.84 Å². The largest absolute Gasteiger partial charge is 0.433 e. The first kappa shape index (κ1) is 12.3. The van der Waals surface area contributed by atoms with Crippen molar-refractivity contribution in [3.8, 4) is 0 Å². The lowest BCUT2D eigenvalue weighted by atomic mass is 10.3. The molecule has 1 saturated heterocycles. The van der Waals surface area contributed by atoms with Crippen LogP contribution in [0.15, 0.2) is 5.16 Å². The third-order valence-corrected chi connectivity index (χ3v) is 4.76. The van der Waals surface area contributed by atoms with Gasteiger partial charge >= 0.3 is 6.09 Å². The van der Waals surface area contributed by atoms with Gasteiger partial charge in [0, 0.05) is 12.0 Å². The molecule has 96 valence electrons. The number of rotatable bonds is 3. The molecular weight excluding hydrogens is 244 g/mol. The summed E-state index contributed by atoms with van der Waals surface area (Å²) in [7, 11) is -2.98. The van der Waals surface area contributed by atoms with E-state index in [1.165, 1.54) is 0 Å². The normalized spacial score (nSPS) is 27.8. The Balaban J connectivity index is 1.76. The molecule has 17 heavy (non-hydrogen) atoms. The van der Waals surface area contributed by atoms with E-state index >= 15 is 0 Å². The van der Waals surface area contributed by atoms with Crippen LogP contribution in [0.2, 0.25) is 0 Å². The second-order valence-corrected chi connectivity index (χ2v) is 6.86. The quantitative estimate of drug-likeness (QED) is 0.459. The molecule has 0 aromatic rings. The Bertz CT molecular complexity index is 439. The molecule has 6 nitrogen and oxygen atoms in total. The Morgan fingerprint density at radius 2 is 2.06 bits per heavy atom. The van der Waals surface area contributed by atoms with Crippen molar-refractivity contribution < 1.29 is 18.0 Å². The fourth-order valence-electron chi connectivity index (χ4n) is 1.79. The van der Waals surface area contributed by atoms with Crippen molar-refractivity contribution in [1.82, 2.24) is 5.32 Å². The number of nitrogens with zero attached hydrogens (tertiary/aromatic N) is 1. The highest BCUT2D eigenvalue weighted by atomic mass is 32.2. The predicted octanol–water partition coefficient (Wildman–Crippen LogP) is 0.686. The van der Waals surface area contributed by atoms with Gasteiger partial charge in [0.05, 0.1) is 17.2 Å². The van der Waals surface area contributed by atoms with Crippen LogP contribution < -0.4 is 5.32 Å². The summed E-state index contributed by atoms with van der Waals surface area (Å²) in [6, 6.07) is -0.344. The van der Waals surface area contributed by atoms with Gasteiger partial charge in [-0.2, -0.15) is 0 Å². The standard InChI is InChI=1S/C10H16N2O4S/c1-7(8-2-3-8)12-16-10(13)11-9-4-5-17(14,15)6-9/h8-9H,2-6H2,1H3,(H,11,13)/b12-7-. The van der Waals surface area contributed by atoms with E-state index in [1.54, 1.807) is 0 Å². The molecule has 0 aromatic carbocycles. The number of nitrogens with one attached hydrogen (secondary N) is 1. The average Bonchev–Trinajstić information content (AvgIpc) is 3.02. The summed E-state index contributed by atoms with van der Waals surface area (Å²) >= 11 is 0. The van der Waals surface area contributed by atoms with E-state index in [0.717, 1.165) is 18.6 Å². The molecule has 7 heteroatoms. The highest BCUT2D eigenvalue weighted by Crippen LogP contribution is 2.30. The molecule has 1 amide bonds. The van der Waals surface area contributed by atoms with Crippen molar-refractivity contribution >= 4 is 21.6 Å². The molecule has 0 radical (unpaired) electrons. The van der Waals surface area contributed by atoms with Crippen molar-refractivity contribution in [2.45, 2.75) is 32.2 Å². The average molecular weight is 260 g/mol. The summed E-state index contributed by atoms with van der Waals surface area (Å²) in [6.45, 7) is 1.82. The monoisotopic (exact) mass is 260 g/mol. The lowest BCUT2D eigenvalue weighted by Crippen LogP contribution is -2.35. The Hall–Kier alpha value is -1.11. The van der Waals surface area contributed by atoms with Crippen LogP contribution in [0.3, 0.4) is 0 Å². The first-order valence-corrected chi connectivity index (χ1v) is 7.51. The second-order valence-electron chi connectivity index (χ2n) is 4.63. The molecule has 1 unspecified atom stereocenters. The molecule has 1 N–H and O–H groups in total. The number of sulfone groups is 1. The molecule has 2 aliphatic rings. The predicted molar refractivity (Wildman–Crippen MR) is 62.5 cm³/mol. The van der Waals surface area contributed by atoms with Gasteiger partial charge in [-0.1, -0.05) is 5.16 Å². The van der Waals surface area contributed by atoms with Gasteiger partial charge in [0.2, 0.25) is 0 Å². The van der Waals surface area contributed by atoms with Crippen LogP contribution in [0.25, 0.3) is 0 Å². The molecule has 1 aliphatic heterocycles. The van der Waals surface area contributed by atoms with Gasteiger partial charge in [-0.15, -0.1) is 0 Å². The minimum atomic E-state index is -2.98. The Labute approximate surface area is 100 Å². The van der Waals surface area contributed by atoms with E-state index in [2.05, 4.69) is 15.3 Å². The number of carbonyl (C=O) groups excluding carboxylic acids is 1. The summed E-state index contributed by atoms with van der Waals surface area (Å²) < 4.78 is 22.3. The zero-order chi connectivity index (χ0) is 12.5. The first-order valence-electron chi connectivity index (χ1n) is 5.69. The SMILES string of the molecule is C/C(=N/OC(=O)NC1CCS(=O)(=O)C1)C1CC1. The summed E-state index contributed by atoms with van der Waals surface area (Å²) in [5.41, 5.74) is 0.819. The summed E-state index contributed by atoms with van der Waals surface area (Å²) in [4.78, 5) is 16.0. The van der Waals surface area contributed by atoms with Crippen molar-refractivity contribution in [2.24, 2.45) is 11.1 Å². The molecular formula is C10H16N2O4S. The van der Waals surface area contributed by atoms with Gasteiger partial charge in [0.25, 0.3) is 0 Å². The van der Waals surface area contributed by atoms with Gasteiger partial charge in [0.1, 0.15) is 0 Å². The molecule has 1 aliphatic carbocycles. The van der Waals surface area contributed by atoms with Crippen LogP contribution in [-0.2, 0) is 14.7 Å². The second kappa shape index (κ2) is 4.64. The summed E-state index contributed by atoms with van der Waals surface area (Å²) in [5, 5.41) is 6.22. The number of oxime groups is 1. The lowest BCUT2D eigenvalue weighted by molar-refractivity contribution is 0.147. The molecule has 0 bridgehead atoms. The maximum absolute atomic E-state index is 11.3. The third kappa shape index (κ3) is 3.69. The summed E-state index contributed by atoms with van der Waals surface area (Å²) in [5.74, 6) is 0.574. The molecule has 2 rings (SSSR count). The summed E-state index contributed by atoms with van der Waals surface area (Å²) in [6.07, 6.45) is 1.97. The van der Waals surface area contributed by atoms with Crippen molar-refractivity contribution in [1.29, 1.82) is 0 Å². The smallest absolute Gasteiger partial charge is 0.316 e. The van der Waals surface area contributed by atoms with Crippen LogP contribution in [0, 0.1) is 5.92 Å². The Morgan fingerprint density at radius 1 is 1.35 bits per heavy atom. The van der Waals surface area contributed by atoms with E-state index in [4.69, 9.17) is 0 Å². The molecule has 0 spiro atoms. The fourth-order valence-corrected chi connectivity index (χ4v) is 3.46. The number of hydrogen-bond donors (Lipinski definition) is 1. The fraction of sp³-hybridized carbons (Fsp3) is 0.800. The van der Waals surface area contributed by atoms with Crippen molar-refractivity contribution in [3.63, 3.8) is 0 Å². The van der Waals surface area contributed by atoms with E-state index < -0.39 is 15.9 Å². The zero-order valence-corrected chi connectivity index (χ0v) is 10.5. The highest BCUT2D eigenvalue weighted by Gasteiger charge is 2.29. The third-order valence-electron chi connectivity index (χ3n) is 3.00. The van der Waals surface area contributed by atoms with Crippen LogP contribution in [-0.4, -0.2) is 37.8 Å². The van der Waals surface area contributed by atoms with Crippen molar-refractivity contribution in [2.75, 3.05) is 11.5 Å². The molecule has 1 atom stereocenters. The molecule has 1 heterocycles. The van der Waals surface area contributed by atoms with Crippen molar-refractivity contribution in [3.05, 3.63) is 0 Å². The van der Waals surface area contributed by atoms with Gasteiger partial charge in [-0.05, 0) is 26.2 Å². The minimum Gasteiger partial charge on any atom is -0.316 e. The maximum Gasteiger partial charge on any atom is 0.433 e. The Kier molecular flexibility index (Phi) is 3.37. The topological polar surface area (TPSA) is 84.8 Å². The highest BCUT2D eigenvalue weighted by molar-refractivity contribution is 7.91. The number of carbonyl (C=O) groups is 1. The van der Waals surface area contributed by atoms with E-state index in [9.17, 15) is 13.2 Å². The van der Waals surface area contributed by atoms with Gasteiger partial charge < -0.3 is 5.32 Å². The molecule has 0 aromatic heterocycles. The minimum absolute atomic E-state index is 0.00653. The van der Waals surface area contributed by atoms with E-state index in [-0.39, 0.29) is 17.5 Å². The number of amides is 1. The van der Waals surface area contributed by atoms with Gasteiger partial charge in [0.15, 0.2) is 9.84 Å².